The molecule has 2 atom stereocenters. The number of epoxide rings is 1. The van der Waals surface area contributed by atoms with E-state index >= 15 is 0 Å². The van der Waals surface area contributed by atoms with Crippen molar-refractivity contribution in [3.05, 3.63) is 88.0 Å². The van der Waals surface area contributed by atoms with Gasteiger partial charge in [0.2, 0.25) is 0 Å². The third kappa shape index (κ3) is 7.24. The van der Waals surface area contributed by atoms with E-state index in [-0.39, 0.29) is 30.0 Å². The molecule has 6 rings (SSSR count). The largest absolute Gasteiger partial charge is 0.462 e. The van der Waals surface area contributed by atoms with E-state index in [1.54, 1.807) is 24.3 Å². The zero-order chi connectivity index (χ0) is 31.5. The lowest BCUT2D eigenvalue weighted by atomic mass is 9.71. The highest BCUT2D eigenvalue weighted by Gasteiger charge is 2.35. The molecule has 0 N–H and O–H groups in total. The zero-order valence-electron chi connectivity index (χ0n) is 26.1. The Kier molecular flexibility index (Phi) is 10.1. The first kappa shape index (κ1) is 32.0. The second-order valence-electron chi connectivity index (χ2n) is 13.5. The molecule has 0 aromatic heterocycles. The van der Waals surface area contributed by atoms with Crippen LogP contribution in [0.2, 0.25) is 0 Å². The number of allylic oxidation sites excluding steroid dienone is 4. The summed E-state index contributed by atoms with van der Waals surface area (Å²) in [5, 5.41) is 0. The van der Waals surface area contributed by atoms with Crippen LogP contribution in [0.4, 0.5) is 17.6 Å². The van der Waals surface area contributed by atoms with Gasteiger partial charge < -0.3 is 9.47 Å². The Labute approximate surface area is 264 Å². The molecular formula is C38H44F4O3. The van der Waals surface area contributed by atoms with Crippen LogP contribution in [0.3, 0.4) is 0 Å². The summed E-state index contributed by atoms with van der Waals surface area (Å²) in [6, 6.07) is 6.79. The highest BCUT2D eigenvalue weighted by molar-refractivity contribution is 5.72. The summed E-state index contributed by atoms with van der Waals surface area (Å²) in [5.74, 6) is -2.30. The van der Waals surface area contributed by atoms with E-state index in [0.29, 0.717) is 79.2 Å². The summed E-state index contributed by atoms with van der Waals surface area (Å²) in [5.41, 5.74) is 2.39. The lowest BCUT2D eigenvalue weighted by Crippen LogP contribution is -2.31. The molecule has 2 aromatic rings. The van der Waals surface area contributed by atoms with E-state index in [9.17, 15) is 22.4 Å². The second-order valence-corrected chi connectivity index (χ2v) is 13.5. The Morgan fingerprint density at radius 3 is 2.22 bits per heavy atom. The maximum atomic E-state index is 14.9. The molecule has 3 aliphatic carbocycles. The first-order valence-electron chi connectivity index (χ1n) is 16.9. The fraction of sp³-hybridized carbons (Fsp3) is 0.553. The maximum absolute atomic E-state index is 14.9. The van der Waals surface area contributed by atoms with Gasteiger partial charge in [0.25, 0.3) is 0 Å². The lowest BCUT2D eigenvalue weighted by molar-refractivity contribution is -0.157. The van der Waals surface area contributed by atoms with Crippen molar-refractivity contribution >= 4 is 11.5 Å². The predicted octanol–water partition coefficient (Wildman–Crippen LogP) is 10.1. The fourth-order valence-corrected chi connectivity index (χ4v) is 7.91. The van der Waals surface area contributed by atoms with Crippen LogP contribution in [0.25, 0.3) is 5.57 Å². The van der Waals surface area contributed by atoms with Gasteiger partial charge in [-0.3, -0.25) is 4.79 Å². The number of aryl methyl sites for hydroxylation is 1. The molecule has 2 aromatic carbocycles. The van der Waals surface area contributed by atoms with Gasteiger partial charge in [-0.05, 0) is 125 Å². The normalized spacial score (nSPS) is 28.6. The van der Waals surface area contributed by atoms with E-state index in [1.807, 2.05) is 19.1 Å². The van der Waals surface area contributed by atoms with E-state index < -0.39 is 23.3 Å². The molecule has 0 bridgehead atoms. The Morgan fingerprint density at radius 1 is 0.844 bits per heavy atom. The molecule has 45 heavy (non-hydrogen) atoms. The van der Waals surface area contributed by atoms with Gasteiger partial charge in [-0.1, -0.05) is 42.5 Å². The average Bonchev–Trinajstić information content (AvgIpc) is 3.91. The van der Waals surface area contributed by atoms with Crippen molar-refractivity contribution in [3.8, 4) is 0 Å². The molecule has 3 fully saturated rings. The van der Waals surface area contributed by atoms with Crippen LogP contribution in [0, 0.1) is 41.0 Å². The molecule has 2 unspecified atom stereocenters. The third-order valence-corrected chi connectivity index (χ3v) is 10.8. The minimum atomic E-state index is -0.790. The second kappa shape index (κ2) is 14.2. The monoisotopic (exact) mass is 624 g/mol. The first-order chi connectivity index (χ1) is 21.8. The van der Waals surface area contributed by atoms with Gasteiger partial charge >= 0.3 is 5.97 Å². The first-order valence-corrected chi connectivity index (χ1v) is 16.9. The summed E-state index contributed by atoms with van der Waals surface area (Å²) in [7, 11) is 0. The fourth-order valence-electron chi connectivity index (χ4n) is 7.91. The number of ether oxygens (including phenoxy) is 2. The highest BCUT2D eigenvalue weighted by atomic mass is 19.2. The summed E-state index contributed by atoms with van der Waals surface area (Å²) in [4.78, 5) is 13.1. The molecule has 0 spiro atoms. The SMILES string of the molecule is C/C=C/CCc1ccc(C2CCC(OC(=O)C3CCC(C4CC=C(c5ccc(C6CO6)c(F)c5F)CC4)CC3)CC2)c(F)c1F. The van der Waals surface area contributed by atoms with Crippen molar-refractivity contribution in [1.82, 2.24) is 0 Å². The molecule has 2 saturated carbocycles. The van der Waals surface area contributed by atoms with E-state index in [0.717, 1.165) is 50.5 Å². The Morgan fingerprint density at radius 2 is 1.56 bits per heavy atom. The Balaban J connectivity index is 0.944. The van der Waals surface area contributed by atoms with Gasteiger partial charge in [0.1, 0.15) is 12.2 Å². The number of hydrogen-bond acceptors (Lipinski definition) is 3. The van der Waals surface area contributed by atoms with Crippen LogP contribution in [0.15, 0.2) is 42.5 Å². The highest BCUT2D eigenvalue weighted by Crippen LogP contribution is 2.43. The van der Waals surface area contributed by atoms with Crippen molar-refractivity contribution in [1.29, 1.82) is 0 Å². The van der Waals surface area contributed by atoms with Crippen molar-refractivity contribution in [2.24, 2.45) is 17.8 Å². The number of carbonyl (C=O) groups excluding carboxylic acids is 1. The van der Waals surface area contributed by atoms with Crippen LogP contribution in [-0.2, 0) is 20.7 Å². The predicted molar refractivity (Wildman–Crippen MR) is 166 cm³/mol. The van der Waals surface area contributed by atoms with Crippen molar-refractivity contribution in [2.75, 3.05) is 6.61 Å². The number of carbonyl (C=O) groups is 1. The molecule has 1 heterocycles. The smallest absolute Gasteiger partial charge is 0.309 e. The van der Waals surface area contributed by atoms with Crippen LogP contribution < -0.4 is 0 Å². The van der Waals surface area contributed by atoms with Crippen LogP contribution in [0.1, 0.15) is 118 Å². The van der Waals surface area contributed by atoms with Crippen LogP contribution in [0.5, 0.6) is 0 Å². The molecule has 3 nitrogen and oxygen atoms in total. The molecule has 0 radical (unpaired) electrons. The van der Waals surface area contributed by atoms with Gasteiger partial charge in [-0.15, -0.1) is 0 Å². The number of benzene rings is 2. The molecule has 7 heteroatoms. The summed E-state index contributed by atoms with van der Waals surface area (Å²) in [6.07, 6.45) is 15.3. The number of esters is 1. The number of hydrogen-bond donors (Lipinski definition) is 0. The quantitative estimate of drug-likeness (QED) is 0.121. The maximum Gasteiger partial charge on any atom is 0.309 e. The molecule has 1 saturated heterocycles. The van der Waals surface area contributed by atoms with Crippen molar-refractivity contribution < 1.29 is 31.8 Å². The van der Waals surface area contributed by atoms with Gasteiger partial charge in [-0.2, -0.15) is 0 Å². The van der Waals surface area contributed by atoms with E-state index in [1.165, 1.54) is 0 Å². The van der Waals surface area contributed by atoms with Gasteiger partial charge in [0.05, 0.1) is 12.5 Å². The lowest BCUT2D eigenvalue weighted by Gasteiger charge is -2.36. The average molecular weight is 625 g/mol. The molecule has 0 amide bonds. The van der Waals surface area contributed by atoms with Crippen molar-refractivity contribution in [2.45, 2.75) is 109 Å². The standard InChI is InChI=1S/C38H44F4O3/c1-2-3-4-5-27-16-19-30(35(40)34(27)39)26-14-17-29(18-15-26)45-38(43)28-12-8-24(9-13-28)23-6-10-25(11-7-23)31-20-21-32(33-22-44-33)37(42)36(31)41/h2-3,10,16,19-21,23-24,26,28-29,33H,4-9,11-15,17-18,22H2,1H3/b3-2+. The minimum absolute atomic E-state index is 0.0632. The van der Waals surface area contributed by atoms with Gasteiger partial charge in [-0.25, -0.2) is 17.6 Å². The summed E-state index contributed by atoms with van der Waals surface area (Å²) < 4.78 is 70.0. The zero-order valence-corrected chi connectivity index (χ0v) is 26.1. The molecule has 242 valence electrons. The molecular weight excluding hydrogens is 580 g/mol. The third-order valence-electron chi connectivity index (χ3n) is 10.8. The Bertz CT molecular complexity index is 1430. The van der Waals surface area contributed by atoms with Crippen molar-refractivity contribution in [3.63, 3.8) is 0 Å². The number of halogens is 4. The van der Waals surface area contributed by atoms with Crippen LogP contribution >= 0.6 is 0 Å². The number of rotatable bonds is 9. The van der Waals surface area contributed by atoms with Crippen LogP contribution in [-0.4, -0.2) is 18.7 Å². The topological polar surface area (TPSA) is 38.8 Å². The molecule has 1 aliphatic heterocycles. The Hall–Kier alpha value is -2.93. The summed E-state index contributed by atoms with van der Waals surface area (Å²) >= 11 is 0. The minimum Gasteiger partial charge on any atom is -0.462 e. The van der Waals surface area contributed by atoms with Gasteiger partial charge in [0, 0.05) is 11.1 Å². The summed E-state index contributed by atoms with van der Waals surface area (Å²) in [6.45, 7) is 2.35. The molecule has 4 aliphatic rings. The van der Waals surface area contributed by atoms with Gasteiger partial charge in [0.15, 0.2) is 23.3 Å². The van der Waals surface area contributed by atoms with E-state index in [4.69, 9.17) is 9.47 Å². The van der Waals surface area contributed by atoms with E-state index in [2.05, 4.69) is 6.08 Å².